The van der Waals surface area contributed by atoms with Gasteiger partial charge in [-0.05, 0) is 47.5 Å². The van der Waals surface area contributed by atoms with E-state index in [-0.39, 0.29) is 12.1 Å². The monoisotopic (exact) mass is 462 g/mol. The summed E-state index contributed by atoms with van der Waals surface area (Å²) < 4.78 is 27.1. The van der Waals surface area contributed by atoms with Gasteiger partial charge in [-0.1, -0.05) is 42.5 Å². The van der Waals surface area contributed by atoms with Gasteiger partial charge in [0.15, 0.2) is 0 Å². The molecular formula is C26H20F2N2O4. The number of imide groups is 1. The van der Waals surface area contributed by atoms with Crippen LogP contribution in [0.25, 0.3) is 0 Å². The van der Waals surface area contributed by atoms with Gasteiger partial charge in [-0.2, -0.15) is 0 Å². The summed E-state index contributed by atoms with van der Waals surface area (Å²) in [6.07, 6.45) is -0.0433. The predicted octanol–water partition coefficient (Wildman–Crippen LogP) is 3.48. The van der Waals surface area contributed by atoms with E-state index in [1.54, 1.807) is 30.3 Å². The molecule has 0 radical (unpaired) electrons. The van der Waals surface area contributed by atoms with Crippen LogP contribution in [-0.4, -0.2) is 28.4 Å². The van der Waals surface area contributed by atoms with Gasteiger partial charge in [-0.25, -0.2) is 13.7 Å². The van der Waals surface area contributed by atoms with Crippen molar-refractivity contribution in [3.8, 4) is 0 Å². The standard InChI is InChI=1S/C26H20F2N2O4/c27-17-8-6-16(7-9-17)22-20-21(24(32)30(23(20)31)19-12-10-18(28)11-13-19)26(29-22,25(33)34)14-15-4-2-1-3-5-15/h1-13,20-22,29H,14H2,(H,33,34). The molecule has 4 unspecified atom stereocenters. The second-order valence-corrected chi connectivity index (χ2v) is 8.60. The molecule has 5 rings (SSSR count). The fourth-order valence-electron chi connectivity index (χ4n) is 5.16. The van der Waals surface area contributed by atoms with Crippen molar-refractivity contribution >= 4 is 23.5 Å². The summed E-state index contributed by atoms with van der Waals surface area (Å²) >= 11 is 0. The number of hydrogen-bond donors (Lipinski definition) is 2. The van der Waals surface area contributed by atoms with E-state index in [2.05, 4.69) is 5.32 Å². The normalized spacial score (nSPS) is 26.1. The third-order valence-electron chi connectivity index (χ3n) is 6.68. The molecule has 34 heavy (non-hydrogen) atoms. The number of halogens is 2. The summed E-state index contributed by atoms with van der Waals surface area (Å²) in [6.45, 7) is 0. The molecule has 2 aliphatic heterocycles. The van der Waals surface area contributed by atoms with E-state index in [1.165, 1.54) is 36.4 Å². The Hall–Kier alpha value is -3.91. The highest BCUT2D eigenvalue weighted by Crippen LogP contribution is 2.50. The fourth-order valence-corrected chi connectivity index (χ4v) is 5.16. The number of anilines is 1. The lowest BCUT2D eigenvalue weighted by molar-refractivity contribution is -0.148. The zero-order valence-corrected chi connectivity index (χ0v) is 17.8. The Balaban J connectivity index is 1.65. The van der Waals surface area contributed by atoms with E-state index in [0.717, 1.165) is 17.0 Å². The molecule has 172 valence electrons. The van der Waals surface area contributed by atoms with Crippen molar-refractivity contribution in [2.45, 2.75) is 18.0 Å². The highest BCUT2D eigenvalue weighted by Gasteiger charge is 2.68. The second-order valence-electron chi connectivity index (χ2n) is 8.60. The van der Waals surface area contributed by atoms with Crippen LogP contribution in [-0.2, 0) is 20.8 Å². The Morgan fingerprint density at radius 2 is 1.47 bits per heavy atom. The van der Waals surface area contributed by atoms with E-state index in [0.29, 0.717) is 11.1 Å². The van der Waals surface area contributed by atoms with Gasteiger partial charge in [0.2, 0.25) is 11.8 Å². The molecule has 2 heterocycles. The number of rotatable bonds is 5. The highest BCUT2D eigenvalue weighted by molar-refractivity contribution is 6.24. The summed E-state index contributed by atoms with van der Waals surface area (Å²) in [5.74, 6) is -5.79. The molecular weight excluding hydrogens is 442 g/mol. The summed E-state index contributed by atoms with van der Waals surface area (Å²) in [4.78, 5) is 41.0. The first-order chi connectivity index (χ1) is 16.3. The minimum Gasteiger partial charge on any atom is -0.480 e. The Labute approximate surface area is 193 Å². The number of amides is 2. The molecule has 0 spiro atoms. The van der Waals surface area contributed by atoms with Gasteiger partial charge in [0.25, 0.3) is 0 Å². The maximum Gasteiger partial charge on any atom is 0.325 e. The molecule has 2 saturated heterocycles. The third-order valence-corrected chi connectivity index (χ3v) is 6.68. The predicted molar refractivity (Wildman–Crippen MR) is 119 cm³/mol. The number of carboxylic acid groups (broad SMARTS) is 1. The van der Waals surface area contributed by atoms with E-state index >= 15 is 0 Å². The van der Waals surface area contributed by atoms with Crippen LogP contribution in [0, 0.1) is 23.5 Å². The Kier molecular flexibility index (Phi) is 5.25. The fraction of sp³-hybridized carbons (Fsp3) is 0.192. The van der Waals surface area contributed by atoms with Gasteiger partial charge in [0.1, 0.15) is 17.2 Å². The van der Waals surface area contributed by atoms with Crippen molar-refractivity contribution < 1.29 is 28.3 Å². The lowest BCUT2D eigenvalue weighted by atomic mass is 9.76. The van der Waals surface area contributed by atoms with Crippen LogP contribution in [0.15, 0.2) is 78.9 Å². The first kappa shape index (κ1) is 21.9. The van der Waals surface area contributed by atoms with E-state index < -0.39 is 52.8 Å². The van der Waals surface area contributed by atoms with Gasteiger partial charge in [0.05, 0.1) is 17.5 Å². The van der Waals surface area contributed by atoms with Crippen molar-refractivity contribution in [2.24, 2.45) is 11.8 Å². The third kappa shape index (κ3) is 3.38. The largest absolute Gasteiger partial charge is 0.480 e. The van der Waals surface area contributed by atoms with Crippen molar-refractivity contribution in [3.05, 3.63) is 102 Å². The summed E-state index contributed by atoms with van der Waals surface area (Å²) in [5.41, 5.74) is -0.444. The van der Waals surface area contributed by atoms with Gasteiger partial charge in [-0.3, -0.25) is 19.7 Å². The lowest BCUT2D eigenvalue weighted by Crippen LogP contribution is -2.57. The average molecular weight is 462 g/mol. The minimum absolute atomic E-state index is 0.0433. The Morgan fingerprint density at radius 3 is 2.06 bits per heavy atom. The number of carboxylic acids is 1. The zero-order chi connectivity index (χ0) is 24.0. The number of carbonyl (C=O) groups is 3. The zero-order valence-electron chi connectivity index (χ0n) is 17.8. The van der Waals surface area contributed by atoms with Crippen LogP contribution in [0.1, 0.15) is 17.2 Å². The molecule has 4 atom stereocenters. The number of benzene rings is 3. The van der Waals surface area contributed by atoms with Crippen LogP contribution < -0.4 is 10.2 Å². The SMILES string of the molecule is O=C1C2C(c3ccc(F)cc3)NC(Cc3ccccc3)(C(=O)O)C2C(=O)N1c1ccc(F)cc1. The van der Waals surface area contributed by atoms with E-state index in [1.807, 2.05) is 0 Å². The van der Waals surface area contributed by atoms with Crippen molar-refractivity contribution in [3.63, 3.8) is 0 Å². The molecule has 0 aliphatic carbocycles. The molecule has 3 aromatic carbocycles. The Morgan fingerprint density at radius 1 is 0.882 bits per heavy atom. The minimum atomic E-state index is -1.79. The van der Waals surface area contributed by atoms with Gasteiger partial charge in [0, 0.05) is 12.5 Å². The molecule has 0 saturated carbocycles. The second kappa shape index (κ2) is 8.14. The van der Waals surface area contributed by atoms with Crippen LogP contribution >= 0.6 is 0 Å². The van der Waals surface area contributed by atoms with Crippen LogP contribution in [0.5, 0.6) is 0 Å². The number of nitrogens with one attached hydrogen (secondary N) is 1. The van der Waals surface area contributed by atoms with Crippen LogP contribution in [0.3, 0.4) is 0 Å². The molecule has 2 aliphatic rings. The quantitative estimate of drug-likeness (QED) is 0.567. The number of fused-ring (bicyclic) bond motifs is 1. The summed E-state index contributed by atoms with van der Waals surface area (Å²) in [6, 6.07) is 18.3. The molecule has 8 heteroatoms. The highest BCUT2D eigenvalue weighted by atomic mass is 19.1. The number of carbonyl (C=O) groups excluding carboxylic acids is 2. The van der Waals surface area contributed by atoms with Crippen LogP contribution in [0.4, 0.5) is 14.5 Å². The maximum atomic E-state index is 13.7. The van der Waals surface area contributed by atoms with Gasteiger partial charge in [-0.15, -0.1) is 0 Å². The van der Waals surface area contributed by atoms with Crippen molar-refractivity contribution in [1.29, 1.82) is 0 Å². The van der Waals surface area contributed by atoms with Gasteiger partial charge >= 0.3 is 5.97 Å². The molecule has 0 bridgehead atoms. The topological polar surface area (TPSA) is 86.7 Å². The first-order valence-corrected chi connectivity index (χ1v) is 10.8. The molecule has 3 aromatic rings. The van der Waals surface area contributed by atoms with Crippen molar-refractivity contribution in [1.82, 2.24) is 5.32 Å². The summed E-state index contributed by atoms with van der Waals surface area (Å²) in [7, 11) is 0. The van der Waals surface area contributed by atoms with Gasteiger partial charge < -0.3 is 5.11 Å². The van der Waals surface area contributed by atoms with E-state index in [4.69, 9.17) is 0 Å². The number of aliphatic carboxylic acids is 1. The summed E-state index contributed by atoms with van der Waals surface area (Å²) in [5, 5.41) is 13.5. The number of nitrogens with zero attached hydrogens (tertiary/aromatic N) is 1. The molecule has 2 fully saturated rings. The number of hydrogen-bond acceptors (Lipinski definition) is 4. The van der Waals surface area contributed by atoms with Crippen LogP contribution in [0.2, 0.25) is 0 Å². The smallest absolute Gasteiger partial charge is 0.325 e. The molecule has 6 nitrogen and oxygen atoms in total. The van der Waals surface area contributed by atoms with E-state index in [9.17, 15) is 28.3 Å². The average Bonchev–Trinajstić information content (AvgIpc) is 3.30. The Bertz CT molecular complexity index is 1260. The van der Waals surface area contributed by atoms with Crippen molar-refractivity contribution in [2.75, 3.05) is 4.90 Å². The molecule has 2 N–H and O–H groups in total. The lowest BCUT2D eigenvalue weighted by Gasteiger charge is -2.31. The molecule has 2 amide bonds. The maximum absolute atomic E-state index is 13.7. The molecule has 0 aromatic heterocycles. The first-order valence-electron chi connectivity index (χ1n) is 10.8.